The second kappa shape index (κ2) is 8.24. The van der Waals surface area contributed by atoms with Crippen molar-refractivity contribution in [2.24, 2.45) is 0 Å². The maximum atomic E-state index is 12.0. The fraction of sp³-hybridized carbons (Fsp3) is 0.333. The van der Waals surface area contributed by atoms with E-state index in [2.05, 4.69) is 0 Å². The molecule has 0 radical (unpaired) electrons. The van der Waals surface area contributed by atoms with Gasteiger partial charge in [-0.1, -0.05) is 48.0 Å². The molecule has 2 aromatic carbocycles. The molecule has 0 amide bonds. The fourth-order valence-corrected chi connectivity index (χ4v) is 3.11. The minimum atomic E-state index is -3.75. The quantitative estimate of drug-likeness (QED) is 0.754. The topological polar surface area (TPSA) is 63.6 Å². The smallest absolute Gasteiger partial charge is 0.296 e. The SMILES string of the molecule is Cc1ccc(S(=O)(=O)OCCC(O)CCc2ccccc2)cc1. The molecule has 2 rings (SSSR count). The first-order valence-corrected chi connectivity index (χ1v) is 9.06. The second-order valence-corrected chi connectivity index (χ2v) is 7.17. The number of rotatable bonds is 8. The molecule has 0 fully saturated rings. The van der Waals surface area contributed by atoms with E-state index in [4.69, 9.17) is 4.18 Å². The van der Waals surface area contributed by atoms with E-state index in [1.54, 1.807) is 12.1 Å². The van der Waals surface area contributed by atoms with E-state index in [0.717, 1.165) is 17.5 Å². The Bertz CT molecular complexity index is 694. The highest BCUT2D eigenvalue weighted by Crippen LogP contribution is 2.14. The Morgan fingerprint density at radius 3 is 2.30 bits per heavy atom. The van der Waals surface area contributed by atoms with E-state index < -0.39 is 16.2 Å². The first kappa shape index (κ1) is 17.7. The Morgan fingerprint density at radius 1 is 1.00 bits per heavy atom. The van der Waals surface area contributed by atoms with E-state index in [0.29, 0.717) is 6.42 Å². The van der Waals surface area contributed by atoms with E-state index in [1.807, 2.05) is 37.3 Å². The lowest BCUT2D eigenvalue weighted by Gasteiger charge is -2.11. The summed E-state index contributed by atoms with van der Waals surface area (Å²) in [5.41, 5.74) is 2.14. The molecule has 23 heavy (non-hydrogen) atoms. The molecule has 1 unspecified atom stereocenters. The zero-order valence-corrected chi connectivity index (χ0v) is 14.0. The van der Waals surface area contributed by atoms with Gasteiger partial charge in [0.1, 0.15) is 0 Å². The number of aryl methyl sites for hydroxylation is 2. The highest BCUT2D eigenvalue weighted by Gasteiger charge is 2.15. The van der Waals surface area contributed by atoms with Crippen molar-refractivity contribution in [3.8, 4) is 0 Å². The van der Waals surface area contributed by atoms with Crippen molar-refractivity contribution >= 4 is 10.1 Å². The average Bonchev–Trinajstić information content (AvgIpc) is 2.54. The van der Waals surface area contributed by atoms with Gasteiger partial charge < -0.3 is 5.11 Å². The summed E-state index contributed by atoms with van der Waals surface area (Å²) in [5.74, 6) is 0. The van der Waals surface area contributed by atoms with Gasteiger partial charge in [-0.2, -0.15) is 8.42 Å². The van der Waals surface area contributed by atoms with E-state index in [9.17, 15) is 13.5 Å². The number of aliphatic hydroxyl groups excluding tert-OH is 1. The molecule has 1 N–H and O–H groups in total. The Labute approximate surface area is 137 Å². The van der Waals surface area contributed by atoms with Crippen LogP contribution in [0.15, 0.2) is 59.5 Å². The van der Waals surface area contributed by atoms with Crippen molar-refractivity contribution in [3.05, 3.63) is 65.7 Å². The predicted molar refractivity (Wildman–Crippen MR) is 89.7 cm³/mol. The molecule has 0 saturated carbocycles. The number of benzene rings is 2. The standard InChI is InChI=1S/C18H22O4S/c1-15-7-11-18(12-8-15)23(20,21)22-14-13-17(19)10-9-16-5-3-2-4-6-16/h2-8,11-12,17,19H,9-10,13-14H2,1H3. The molecular formula is C18H22O4S. The van der Waals surface area contributed by atoms with Crippen LogP contribution in [0, 0.1) is 6.92 Å². The van der Waals surface area contributed by atoms with Gasteiger partial charge in [0.25, 0.3) is 10.1 Å². The molecule has 0 bridgehead atoms. The summed E-state index contributed by atoms with van der Waals surface area (Å²) in [4.78, 5) is 0.141. The molecule has 0 aromatic heterocycles. The molecular weight excluding hydrogens is 312 g/mol. The van der Waals surface area contributed by atoms with Gasteiger partial charge in [0.2, 0.25) is 0 Å². The molecule has 2 aromatic rings. The Balaban J connectivity index is 1.76. The molecule has 0 spiro atoms. The van der Waals surface area contributed by atoms with Gasteiger partial charge >= 0.3 is 0 Å². The van der Waals surface area contributed by atoms with Gasteiger partial charge in [-0.05, 0) is 43.9 Å². The maximum absolute atomic E-state index is 12.0. The van der Waals surface area contributed by atoms with Crippen molar-refractivity contribution in [1.29, 1.82) is 0 Å². The van der Waals surface area contributed by atoms with Crippen LogP contribution in [0.3, 0.4) is 0 Å². The monoisotopic (exact) mass is 334 g/mol. The third kappa shape index (κ3) is 5.78. The highest BCUT2D eigenvalue weighted by atomic mass is 32.2. The molecule has 0 saturated heterocycles. The van der Waals surface area contributed by atoms with Crippen molar-refractivity contribution in [3.63, 3.8) is 0 Å². The van der Waals surface area contributed by atoms with Gasteiger partial charge in [-0.3, -0.25) is 4.18 Å². The Hall–Kier alpha value is -1.69. The molecule has 0 aliphatic heterocycles. The van der Waals surface area contributed by atoms with Crippen LogP contribution in [-0.2, 0) is 20.7 Å². The van der Waals surface area contributed by atoms with Crippen LogP contribution in [-0.4, -0.2) is 26.2 Å². The van der Waals surface area contributed by atoms with E-state index in [-0.39, 0.29) is 17.9 Å². The summed E-state index contributed by atoms with van der Waals surface area (Å²) >= 11 is 0. The first-order valence-electron chi connectivity index (χ1n) is 7.65. The van der Waals surface area contributed by atoms with Crippen LogP contribution in [0.2, 0.25) is 0 Å². The summed E-state index contributed by atoms with van der Waals surface area (Å²) in [5, 5.41) is 9.94. The zero-order valence-electron chi connectivity index (χ0n) is 13.2. The summed E-state index contributed by atoms with van der Waals surface area (Å²) in [6.07, 6.45) is 1.05. The lowest BCUT2D eigenvalue weighted by atomic mass is 10.1. The van der Waals surface area contributed by atoms with Crippen molar-refractivity contribution < 1.29 is 17.7 Å². The van der Waals surface area contributed by atoms with Crippen LogP contribution < -0.4 is 0 Å². The lowest BCUT2D eigenvalue weighted by molar-refractivity contribution is 0.133. The minimum Gasteiger partial charge on any atom is -0.393 e. The van der Waals surface area contributed by atoms with Gasteiger partial charge in [-0.15, -0.1) is 0 Å². The summed E-state index contributed by atoms with van der Waals surface area (Å²) < 4.78 is 29.0. The zero-order chi connectivity index (χ0) is 16.7. The van der Waals surface area contributed by atoms with Crippen LogP contribution in [0.1, 0.15) is 24.0 Å². The molecule has 0 aliphatic carbocycles. The summed E-state index contributed by atoms with van der Waals surface area (Å²) in [6, 6.07) is 16.4. The lowest BCUT2D eigenvalue weighted by Crippen LogP contribution is -2.14. The van der Waals surface area contributed by atoms with Gasteiger partial charge in [0, 0.05) is 0 Å². The summed E-state index contributed by atoms with van der Waals surface area (Å²) in [6.45, 7) is 1.87. The van der Waals surface area contributed by atoms with Crippen LogP contribution >= 0.6 is 0 Å². The molecule has 0 heterocycles. The molecule has 0 aliphatic rings. The number of hydrogen-bond donors (Lipinski definition) is 1. The van der Waals surface area contributed by atoms with Gasteiger partial charge in [0.15, 0.2) is 0 Å². The molecule has 1 atom stereocenters. The van der Waals surface area contributed by atoms with Crippen LogP contribution in [0.25, 0.3) is 0 Å². The van der Waals surface area contributed by atoms with E-state index in [1.165, 1.54) is 12.1 Å². The first-order chi connectivity index (χ1) is 11.0. The molecule has 124 valence electrons. The van der Waals surface area contributed by atoms with E-state index >= 15 is 0 Å². The Morgan fingerprint density at radius 2 is 1.65 bits per heavy atom. The largest absolute Gasteiger partial charge is 0.393 e. The highest BCUT2D eigenvalue weighted by molar-refractivity contribution is 7.86. The third-order valence-corrected chi connectivity index (χ3v) is 4.93. The fourth-order valence-electron chi connectivity index (χ4n) is 2.19. The third-order valence-electron chi connectivity index (χ3n) is 3.61. The minimum absolute atomic E-state index is 0.0217. The normalized spacial score (nSPS) is 13.0. The van der Waals surface area contributed by atoms with Gasteiger partial charge in [-0.25, -0.2) is 0 Å². The molecule has 4 nitrogen and oxygen atoms in total. The van der Waals surface area contributed by atoms with Crippen molar-refractivity contribution in [1.82, 2.24) is 0 Å². The summed E-state index contributed by atoms with van der Waals surface area (Å²) in [7, 11) is -3.75. The average molecular weight is 334 g/mol. The van der Waals surface area contributed by atoms with Crippen molar-refractivity contribution in [2.75, 3.05) is 6.61 Å². The van der Waals surface area contributed by atoms with Crippen molar-refractivity contribution in [2.45, 2.75) is 37.2 Å². The maximum Gasteiger partial charge on any atom is 0.296 e. The van der Waals surface area contributed by atoms with Crippen LogP contribution in [0.4, 0.5) is 0 Å². The number of aliphatic hydroxyl groups is 1. The Kier molecular flexibility index (Phi) is 6.33. The second-order valence-electron chi connectivity index (χ2n) is 5.56. The molecule has 5 heteroatoms. The predicted octanol–water partition coefficient (Wildman–Crippen LogP) is 3.08. The number of hydrogen-bond acceptors (Lipinski definition) is 4. The van der Waals surface area contributed by atoms with Crippen LogP contribution in [0.5, 0.6) is 0 Å². The van der Waals surface area contributed by atoms with Gasteiger partial charge in [0.05, 0.1) is 17.6 Å².